The average molecular weight is 282 g/mol. The lowest BCUT2D eigenvalue weighted by Gasteiger charge is -2.01. The third-order valence-electron chi connectivity index (χ3n) is 3.30. The van der Waals surface area contributed by atoms with Crippen LogP contribution in [0.1, 0.15) is 22.6 Å². The first-order valence-corrected chi connectivity index (χ1v) is 6.68. The van der Waals surface area contributed by atoms with E-state index in [1.54, 1.807) is 0 Å². The first kappa shape index (κ1) is 12.7. The minimum absolute atomic E-state index is 0.605. The summed E-state index contributed by atoms with van der Waals surface area (Å²) in [7, 11) is 0. The van der Waals surface area contributed by atoms with E-state index >= 15 is 0 Å². The fourth-order valence-electron chi connectivity index (χ4n) is 2.34. The molecule has 98 valence electrons. The van der Waals surface area contributed by atoms with E-state index in [-0.39, 0.29) is 0 Å². The second kappa shape index (κ2) is 4.99. The number of hydrogen-bond acceptors (Lipinski definition) is 2. The highest BCUT2D eigenvalue weighted by molar-refractivity contribution is 6.30. The van der Waals surface area contributed by atoms with E-state index in [0.717, 1.165) is 22.6 Å². The second-order valence-electron chi connectivity index (χ2n) is 4.68. The molecule has 0 fully saturated rings. The molecule has 0 unspecified atom stereocenters. The van der Waals surface area contributed by atoms with Gasteiger partial charge in [0.05, 0.1) is 5.69 Å². The van der Waals surface area contributed by atoms with Crippen molar-refractivity contribution in [2.45, 2.75) is 13.3 Å². The number of benzene rings is 1. The molecule has 2 aromatic heterocycles. The Labute approximate surface area is 122 Å². The standard InChI is InChI=1S/C16H12ClN3/c1-11-3-2-4-16-19-14(15(10-18)20(11)16)9-12-5-7-13(17)8-6-12/h2-8H,9H2,1H3. The molecule has 0 aliphatic heterocycles. The van der Waals surface area contributed by atoms with Crippen LogP contribution in [0.5, 0.6) is 0 Å². The van der Waals surface area contributed by atoms with Gasteiger partial charge in [0.15, 0.2) is 0 Å². The predicted octanol–water partition coefficient (Wildman–Crippen LogP) is 3.76. The van der Waals surface area contributed by atoms with Gasteiger partial charge in [-0.3, -0.25) is 4.40 Å². The van der Waals surface area contributed by atoms with Gasteiger partial charge in [0.1, 0.15) is 17.4 Å². The third-order valence-corrected chi connectivity index (χ3v) is 3.55. The van der Waals surface area contributed by atoms with Gasteiger partial charge in [-0.25, -0.2) is 4.98 Å². The van der Waals surface area contributed by atoms with Crippen LogP contribution in [0.15, 0.2) is 42.5 Å². The summed E-state index contributed by atoms with van der Waals surface area (Å²) >= 11 is 5.89. The van der Waals surface area contributed by atoms with Crippen molar-refractivity contribution in [2.75, 3.05) is 0 Å². The number of aromatic nitrogens is 2. The first-order chi connectivity index (χ1) is 9.69. The van der Waals surface area contributed by atoms with Crippen LogP contribution >= 0.6 is 11.6 Å². The molecule has 0 atom stereocenters. The maximum absolute atomic E-state index is 9.42. The van der Waals surface area contributed by atoms with Gasteiger partial charge in [-0.1, -0.05) is 29.8 Å². The average Bonchev–Trinajstić information content (AvgIpc) is 2.80. The van der Waals surface area contributed by atoms with Crippen molar-refractivity contribution in [1.82, 2.24) is 9.38 Å². The molecular formula is C16H12ClN3. The van der Waals surface area contributed by atoms with Gasteiger partial charge in [0.25, 0.3) is 0 Å². The van der Waals surface area contributed by atoms with Crippen molar-refractivity contribution in [3.8, 4) is 6.07 Å². The number of nitriles is 1. The molecule has 2 heterocycles. The number of aryl methyl sites for hydroxylation is 1. The molecule has 0 spiro atoms. The van der Waals surface area contributed by atoms with Gasteiger partial charge in [-0.2, -0.15) is 5.26 Å². The van der Waals surface area contributed by atoms with Crippen molar-refractivity contribution < 1.29 is 0 Å². The van der Waals surface area contributed by atoms with Crippen LogP contribution in [-0.4, -0.2) is 9.38 Å². The molecule has 0 saturated carbocycles. The molecule has 3 rings (SSSR count). The van der Waals surface area contributed by atoms with Crippen LogP contribution in [0.4, 0.5) is 0 Å². The summed E-state index contributed by atoms with van der Waals surface area (Å²) in [5, 5.41) is 10.1. The first-order valence-electron chi connectivity index (χ1n) is 6.30. The summed E-state index contributed by atoms with van der Waals surface area (Å²) in [6.07, 6.45) is 0.626. The largest absolute Gasteiger partial charge is 0.288 e. The van der Waals surface area contributed by atoms with E-state index < -0.39 is 0 Å². The van der Waals surface area contributed by atoms with Crippen LogP contribution in [0.2, 0.25) is 5.02 Å². The molecule has 0 aliphatic carbocycles. The molecule has 1 aromatic carbocycles. The fourth-order valence-corrected chi connectivity index (χ4v) is 2.46. The maximum Gasteiger partial charge on any atom is 0.148 e. The number of pyridine rings is 1. The Morgan fingerprint density at radius 1 is 1.20 bits per heavy atom. The van der Waals surface area contributed by atoms with Crippen LogP contribution in [0.25, 0.3) is 5.65 Å². The summed E-state index contributed by atoms with van der Waals surface area (Å²) in [6.45, 7) is 1.97. The SMILES string of the molecule is Cc1cccc2nc(Cc3ccc(Cl)cc3)c(C#N)n12. The van der Waals surface area contributed by atoms with Gasteiger partial charge >= 0.3 is 0 Å². The minimum atomic E-state index is 0.605. The monoisotopic (exact) mass is 281 g/mol. The van der Waals surface area contributed by atoms with E-state index in [0.29, 0.717) is 17.1 Å². The smallest absolute Gasteiger partial charge is 0.148 e. The Kier molecular flexibility index (Phi) is 3.17. The number of fused-ring (bicyclic) bond motifs is 1. The van der Waals surface area contributed by atoms with E-state index in [4.69, 9.17) is 11.6 Å². The molecule has 0 aliphatic rings. The zero-order chi connectivity index (χ0) is 14.1. The van der Waals surface area contributed by atoms with Gasteiger partial charge in [-0.15, -0.1) is 0 Å². The Morgan fingerprint density at radius 3 is 2.65 bits per heavy atom. The quantitative estimate of drug-likeness (QED) is 0.718. The molecule has 20 heavy (non-hydrogen) atoms. The van der Waals surface area contributed by atoms with Crippen molar-refractivity contribution in [3.63, 3.8) is 0 Å². The Bertz CT molecular complexity index is 810. The van der Waals surface area contributed by atoms with Gasteiger partial charge < -0.3 is 0 Å². The minimum Gasteiger partial charge on any atom is -0.288 e. The molecule has 3 nitrogen and oxygen atoms in total. The maximum atomic E-state index is 9.42. The Hall–Kier alpha value is -2.31. The lowest BCUT2D eigenvalue weighted by atomic mass is 10.1. The molecule has 0 radical (unpaired) electrons. The van der Waals surface area contributed by atoms with Crippen LogP contribution in [0.3, 0.4) is 0 Å². The van der Waals surface area contributed by atoms with Gasteiger partial charge in [-0.05, 0) is 36.8 Å². The second-order valence-corrected chi connectivity index (χ2v) is 5.12. The van der Waals surface area contributed by atoms with E-state index in [2.05, 4.69) is 11.1 Å². The molecule has 0 bridgehead atoms. The normalized spacial score (nSPS) is 10.7. The number of hydrogen-bond donors (Lipinski definition) is 0. The Morgan fingerprint density at radius 2 is 1.95 bits per heavy atom. The summed E-state index contributed by atoms with van der Waals surface area (Å²) in [4.78, 5) is 4.57. The summed E-state index contributed by atoms with van der Waals surface area (Å²) in [6, 6.07) is 15.7. The number of nitrogens with zero attached hydrogens (tertiary/aromatic N) is 3. The molecule has 0 saturated heterocycles. The highest BCUT2D eigenvalue weighted by Crippen LogP contribution is 2.19. The number of rotatable bonds is 2. The van der Waals surface area contributed by atoms with Crippen LogP contribution in [0, 0.1) is 18.3 Å². The van der Waals surface area contributed by atoms with Crippen LogP contribution < -0.4 is 0 Å². The van der Waals surface area contributed by atoms with Crippen LogP contribution in [-0.2, 0) is 6.42 Å². The topological polar surface area (TPSA) is 41.1 Å². The molecule has 3 aromatic rings. The lowest BCUT2D eigenvalue weighted by molar-refractivity contribution is 1.05. The van der Waals surface area contributed by atoms with E-state index in [1.807, 2.05) is 53.8 Å². The number of halogens is 1. The molecule has 0 N–H and O–H groups in total. The summed E-state index contributed by atoms with van der Waals surface area (Å²) in [5.74, 6) is 0. The highest BCUT2D eigenvalue weighted by atomic mass is 35.5. The van der Waals surface area contributed by atoms with E-state index in [9.17, 15) is 5.26 Å². The lowest BCUT2D eigenvalue weighted by Crippen LogP contribution is -1.96. The van der Waals surface area contributed by atoms with E-state index in [1.165, 1.54) is 0 Å². The zero-order valence-corrected chi connectivity index (χ0v) is 11.7. The fraction of sp³-hybridized carbons (Fsp3) is 0.125. The summed E-state index contributed by atoms with van der Waals surface area (Å²) < 4.78 is 1.89. The highest BCUT2D eigenvalue weighted by Gasteiger charge is 2.13. The van der Waals surface area contributed by atoms with Crippen molar-refractivity contribution >= 4 is 17.2 Å². The molecule has 4 heteroatoms. The molecule has 0 amide bonds. The van der Waals surface area contributed by atoms with Crippen molar-refractivity contribution in [1.29, 1.82) is 5.26 Å². The van der Waals surface area contributed by atoms with Crippen molar-refractivity contribution in [2.24, 2.45) is 0 Å². The van der Waals surface area contributed by atoms with Gasteiger partial charge in [0, 0.05) is 17.1 Å². The third kappa shape index (κ3) is 2.15. The van der Waals surface area contributed by atoms with Gasteiger partial charge in [0.2, 0.25) is 0 Å². The zero-order valence-electron chi connectivity index (χ0n) is 11.0. The summed E-state index contributed by atoms with van der Waals surface area (Å²) in [5.41, 5.74) is 4.31. The molecular weight excluding hydrogens is 270 g/mol. The van der Waals surface area contributed by atoms with Crippen molar-refractivity contribution in [3.05, 3.63) is 70.1 Å². The Balaban J connectivity index is 2.10. The predicted molar refractivity (Wildman–Crippen MR) is 78.9 cm³/mol. The number of imidazole rings is 1.